The topological polar surface area (TPSA) is 128 Å². The molecule has 0 spiro atoms. The predicted octanol–water partition coefficient (Wildman–Crippen LogP) is 5.42. The average molecular weight is 598 g/mol. The van der Waals surface area contributed by atoms with E-state index in [0.29, 0.717) is 24.6 Å². The monoisotopic (exact) mass is 597 g/mol. The zero-order valence-electron chi connectivity index (χ0n) is 24.9. The minimum atomic E-state index is -1.33. The molecule has 0 aliphatic heterocycles. The number of nitrogens with one attached hydrogen (secondary N) is 2. The summed E-state index contributed by atoms with van der Waals surface area (Å²) in [6.45, 7) is 2.90. The van der Waals surface area contributed by atoms with Crippen LogP contribution < -0.4 is 15.0 Å². The molecule has 10 heteroatoms. The van der Waals surface area contributed by atoms with Crippen molar-refractivity contribution in [1.29, 1.82) is 0 Å². The lowest BCUT2D eigenvalue weighted by Gasteiger charge is -2.30. The van der Waals surface area contributed by atoms with Gasteiger partial charge in [0.15, 0.2) is 0 Å². The number of imidazole rings is 1. The van der Waals surface area contributed by atoms with Crippen LogP contribution in [0.15, 0.2) is 97.5 Å². The standard InChI is InChI=1S/C34H39N5O5/c1-2-3-10-19-39(29-13-8-5-9-14-29)32(40)23-38(33(41)31(37-34(42)43)20-28-21-35-25-36-28)22-26-15-17-30(18-16-26)44-24-27-11-6-4-7-12-27/h4-9,11-18,21,25,31,37H,2-3,10,19-20,22-24H2,1H3,(H,35,36)(H,42,43). The quantitative estimate of drug-likeness (QED) is 0.148. The summed E-state index contributed by atoms with van der Waals surface area (Å²) >= 11 is 0. The van der Waals surface area contributed by atoms with E-state index < -0.39 is 18.0 Å². The zero-order valence-corrected chi connectivity index (χ0v) is 24.9. The molecule has 3 amide bonds. The first kappa shape index (κ1) is 31.8. The van der Waals surface area contributed by atoms with Crippen molar-refractivity contribution in [3.63, 3.8) is 0 Å². The number of carbonyl (C=O) groups is 3. The summed E-state index contributed by atoms with van der Waals surface area (Å²) in [6.07, 6.45) is 4.52. The Morgan fingerprint density at radius 1 is 0.932 bits per heavy atom. The van der Waals surface area contributed by atoms with Gasteiger partial charge in [0.05, 0.1) is 6.33 Å². The third kappa shape index (κ3) is 9.72. The van der Waals surface area contributed by atoms with Crippen LogP contribution in [0.2, 0.25) is 0 Å². The Balaban J connectivity index is 1.56. The van der Waals surface area contributed by atoms with Crippen LogP contribution in [0, 0.1) is 0 Å². The predicted molar refractivity (Wildman–Crippen MR) is 168 cm³/mol. The Bertz CT molecular complexity index is 1450. The summed E-state index contributed by atoms with van der Waals surface area (Å²) in [4.78, 5) is 49.5. The molecule has 3 aromatic carbocycles. The van der Waals surface area contributed by atoms with Crippen molar-refractivity contribution in [3.05, 3.63) is 114 Å². The summed E-state index contributed by atoms with van der Waals surface area (Å²) < 4.78 is 5.91. The minimum Gasteiger partial charge on any atom is -0.489 e. The molecule has 0 radical (unpaired) electrons. The van der Waals surface area contributed by atoms with Gasteiger partial charge in [-0.3, -0.25) is 9.59 Å². The number of hydrogen-bond acceptors (Lipinski definition) is 5. The highest BCUT2D eigenvalue weighted by molar-refractivity contribution is 5.97. The molecule has 0 saturated carbocycles. The van der Waals surface area contributed by atoms with Crippen molar-refractivity contribution in [1.82, 2.24) is 20.2 Å². The summed E-state index contributed by atoms with van der Waals surface area (Å²) in [5.41, 5.74) is 3.15. The van der Waals surface area contributed by atoms with Crippen molar-refractivity contribution in [3.8, 4) is 5.75 Å². The fraction of sp³-hybridized carbons (Fsp3) is 0.294. The number of hydrogen-bond donors (Lipinski definition) is 3. The van der Waals surface area contributed by atoms with Gasteiger partial charge in [-0.15, -0.1) is 0 Å². The molecule has 1 atom stereocenters. The third-order valence-corrected chi connectivity index (χ3v) is 7.11. The van der Waals surface area contributed by atoms with Crippen LogP contribution in [-0.2, 0) is 29.2 Å². The maximum absolute atomic E-state index is 14.0. The van der Waals surface area contributed by atoms with Crippen LogP contribution in [0.5, 0.6) is 5.75 Å². The molecule has 0 fully saturated rings. The lowest BCUT2D eigenvalue weighted by atomic mass is 10.1. The number of carboxylic acid groups (broad SMARTS) is 1. The second kappa shape index (κ2) is 16.5. The van der Waals surface area contributed by atoms with Crippen LogP contribution in [0.25, 0.3) is 0 Å². The molecular weight excluding hydrogens is 558 g/mol. The molecule has 1 unspecified atom stereocenters. The average Bonchev–Trinajstić information content (AvgIpc) is 3.56. The van der Waals surface area contributed by atoms with E-state index in [9.17, 15) is 19.5 Å². The van der Waals surface area contributed by atoms with Gasteiger partial charge in [0.1, 0.15) is 24.9 Å². The molecule has 3 N–H and O–H groups in total. The van der Waals surface area contributed by atoms with E-state index in [0.717, 1.165) is 36.1 Å². The van der Waals surface area contributed by atoms with Crippen LogP contribution in [0.1, 0.15) is 43.0 Å². The van der Waals surface area contributed by atoms with Gasteiger partial charge in [-0.2, -0.15) is 0 Å². The molecule has 4 rings (SSSR count). The maximum Gasteiger partial charge on any atom is 0.405 e. The Kier molecular flexibility index (Phi) is 11.9. The Hall–Kier alpha value is -5.12. The van der Waals surface area contributed by atoms with Gasteiger partial charge in [-0.1, -0.05) is 80.4 Å². The van der Waals surface area contributed by atoms with Crippen molar-refractivity contribution >= 4 is 23.6 Å². The summed E-state index contributed by atoms with van der Waals surface area (Å²) in [7, 11) is 0. The molecule has 44 heavy (non-hydrogen) atoms. The van der Waals surface area contributed by atoms with Gasteiger partial charge in [0.2, 0.25) is 11.8 Å². The highest BCUT2D eigenvalue weighted by Crippen LogP contribution is 2.19. The van der Waals surface area contributed by atoms with Gasteiger partial charge in [-0.25, -0.2) is 9.78 Å². The molecule has 230 valence electrons. The highest BCUT2D eigenvalue weighted by atomic mass is 16.5. The first-order valence-corrected chi connectivity index (χ1v) is 14.8. The van der Waals surface area contributed by atoms with Gasteiger partial charge in [0, 0.05) is 37.1 Å². The molecule has 10 nitrogen and oxygen atoms in total. The number of ether oxygens (including phenoxy) is 1. The first-order chi connectivity index (χ1) is 21.4. The smallest absolute Gasteiger partial charge is 0.405 e. The SMILES string of the molecule is CCCCCN(C(=O)CN(Cc1ccc(OCc2ccccc2)cc1)C(=O)C(Cc1cnc[nH]1)NC(=O)O)c1ccccc1. The fourth-order valence-electron chi connectivity index (χ4n) is 4.82. The zero-order chi connectivity index (χ0) is 31.1. The minimum absolute atomic E-state index is 0.0565. The van der Waals surface area contributed by atoms with Gasteiger partial charge >= 0.3 is 6.09 Å². The lowest BCUT2D eigenvalue weighted by Crippen LogP contribution is -2.52. The summed E-state index contributed by atoms with van der Waals surface area (Å²) in [5.74, 6) is -0.0946. The second-order valence-electron chi connectivity index (χ2n) is 10.5. The van der Waals surface area contributed by atoms with E-state index in [2.05, 4.69) is 22.2 Å². The molecule has 1 aromatic heterocycles. The molecule has 0 bridgehead atoms. The molecular formula is C34H39N5O5. The number of rotatable bonds is 16. The number of benzene rings is 3. The third-order valence-electron chi connectivity index (χ3n) is 7.11. The molecule has 0 aliphatic carbocycles. The van der Waals surface area contributed by atoms with Crippen molar-refractivity contribution in [2.45, 2.75) is 51.8 Å². The maximum atomic E-state index is 14.0. The Morgan fingerprint density at radius 2 is 1.64 bits per heavy atom. The highest BCUT2D eigenvalue weighted by Gasteiger charge is 2.30. The summed E-state index contributed by atoms with van der Waals surface area (Å²) in [5, 5.41) is 11.9. The number of aromatic nitrogens is 2. The van der Waals surface area contributed by atoms with Gasteiger partial charge in [0.25, 0.3) is 0 Å². The lowest BCUT2D eigenvalue weighted by molar-refractivity contribution is -0.137. The number of aromatic amines is 1. The van der Waals surface area contributed by atoms with E-state index in [1.54, 1.807) is 11.1 Å². The number of anilines is 1. The number of H-pyrrole nitrogens is 1. The van der Waals surface area contributed by atoms with E-state index in [1.807, 2.05) is 84.9 Å². The van der Waals surface area contributed by atoms with Crippen LogP contribution in [0.4, 0.5) is 10.5 Å². The Morgan fingerprint density at radius 3 is 2.27 bits per heavy atom. The molecule has 4 aromatic rings. The number of amides is 3. The van der Waals surface area contributed by atoms with E-state index in [4.69, 9.17) is 4.74 Å². The number of nitrogens with zero attached hydrogens (tertiary/aromatic N) is 3. The number of unbranched alkanes of at least 4 members (excludes halogenated alkanes) is 2. The van der Waals surface area contributed by atoms with Crippen molar-refractivity contribution in [2.24, 2.45) is 0 Å². The van der Waals surface area contributed by atoms with Crippen molar-refractivity contribution < 1.29 is 24.2 Å². The van der Waals surface area contributed by atoms with Gasteiger partial charge < -0.3 is 29.9 Å². The molecule has 1 heterocycles. The Labute approximate surface area is 257 Å². The molecule has 0 saturated heterocycles. The second-order valence-corrected chi connectivity index (χ2v) is 10.5. The van der Waals surface area contributed by atoms with E-state index in [1.165, 1.54) is 11.2 Å². The van der Waals surface area contributed by atoms with Crippen LogP contribution >= 0.6 is 0 Å². The number of para-hydroxylation sites is 1. The summed E-state index contributed by atoms with van der Waals surface area (Å²) in [6, 6.07) is 25.4. The van der Waals surface area contributed by atoms with Crippen LogP contribution in [-0.4, -0.2) is 57.0 Å². The molecule has 0 aliphatic rings. The van der Waals surface area contributed by atoms with Crippen molar-refractivity contribution in [2.75, 3.05) is 18.0 Å². The number of carbonyl (C=O) groups excluding carboxylic acids is 2. The largest absolute Gasteiger partial charge is 0.489 e. The normalized spacial score (nSPS) is 11.4. The van der Waals surface area contributed by atoms with E-state index >= 15 is 0 Å². The van der Waals surface area contributed by atoms with E-state index in [-0.39, 0.29) is 25.4 Å². The first-order valence-electron chi connectivity index (χ1n) is 14.8. The van der Waals surface area contributed by atoms with Crippen LogP contribution in [0.3, 0.4) is 0 Å². The van der Waals surface area contributed by atoms with Gasteiger partial charge in [-0.05, 0) is 41.8 Å². The fourth-order valence-corrected chi connectivity index (χ4v) is 4.82.